The van der Waals surface area contributed by atoms with Gasteiger partial charge in [0.2, 0.25) is 0 Å². The van der Waals surface area contributed by atoms with E-state index in [9.17, 15) is 15.0 Å². The van der Waals surface area contributed by atoms with Gasteiger partial charge in [-0.25, -0.2) is 4.98 Å². The Morgan fingerprint density at radius 2 is 2.00 bits per heavy atom. The number of halogens is 1. The van der Waals surface area contributed by atoms with E-state index in [-0.39, 0.29) is 22.2 Å². The number of benzene rings is 1. The quantitative estimate of drug-likeness (QED) is 0.583. The SMILES string of the molecule is Cc1ccnc(Cl)c1NC(=O)c1ccc(O)c(O)c1. The zero-order valence-electron chi connectivity index (χ0n) is 10.0. The number of hydrogen-bond donors (Lipinski definition) is 3. The molecule has 2 aromatic rings. The first-order valence-electron chi connectivity index (χ1n) is 5.43. The van der Waals surface area contributed by atoms with Gasteiger partial charge < -0.3 is 15.5 Å². The summed E-state index contributed by atoms with van der Waals surface area (Å²) in [4.78, 5) is 15.9. The van der Waals surface area contributed by atoms with E-state index in [0.717, 1.165) is 5.56 Å². The van der Waals surface area contributed by atoms with Crippen LogP contribution in [0.3, 0.4) is 0 Å². The van der Waals surface area contributed by atoms with Crippen LogP contribution in [0.4, 0.5) is 5.69 Å². The second kappa shape index (κ2) is 5.16. The summed E-state index contributed by atoms with van der Waals surface area (Å²) in [6.45, 7) is 1.79. The third-order valence-corrected chi connectivity index (χ3v) is 2.88. The minimum absolute atomic E-state index is 0.191. The van der Waals surface area contributed by atoms with E-state index in [0.29, 0.717) is 5.69 Å². The van der Waals surface area contributed by atoms with Crippen LogP contribution in [-0.4, -0.2) is 21.1 Å². The number of aromatic hydroxyl groups is 2. The number of phenolic OH excluding ortho intramolecular Hbond substituents is 2. The molecule has 1 amide bonds. The number of nitrogens with one attached hydrogen (secondary N) is 1. The number of aromatic nitrogens is 1. The fourth-order valence-electron chi connectivity index (χ4n) is 1.53. The highest BCUT2D eigenvalue weighted by atomic mass is 35.5. The van der Waals surface area contributed by atoms with E-state index in [4.69, 9.17) is 11.6 Å². The number of hydrogen-bond acceptors (Lipinski definition) is 4. The maximum absolute atomic E-state index is 12.0. The minimum Gasteiger partial charge on any atom is -0.504 e. The molecule has 19 heavy (non-hydrogen) atoms. The summed E-state index contributed by atoms with van der Waals surface area (Å²) in [6, 6.07) is 5.52. The van der Waals surface area contributed by atoms with Gasteiger partial charge in [-0.15, -0.1) is 0 Å². The number of carbonyl (C=O) groups excluding carboxylic acids is 1. The van der Waals surface area contributed by atoms with Gasteiger partial charge in [-0.2, -0.15) is 0 Å². The second-order valence-electron chi connectivity index (χ2n) is 3.95. The molecular weight excluding hydrogens is 268 g/mol. The van der Waals surface area contributed by atoms with E-state index in [1.807, 2.05) is 0 Å². The number of carbonyl (C=O) groups is 1. The molecule has 2 rings (SSSR count). The first-order chi connectivity index (χ1) is 8.99. The first-order valence-corrected chi connectivity index (χ1v) is 5.81. The molecule has 0 fully saturated rings. The lowest BCUT2D eigenvalue weighted by atomic mass is 10.1. The molecule has 0 bridgehead atoms. The average Bonchev–Trinajstić information content (AvgIpc) is 2.37. The number of anilines is 1. The van der Waals surface area contributed by atoms with Gasteiger partial charge in [0, 0.05) is 11.8 Å². The highest BCUT2D eigenvalue weighted by Crippen LogP contribution is 2.27. The zero-order valence-corrected chi connectivity index (χ0v) is 10.8. The van der Waals surface area contributed by atoms with Crippen molar-refractivity contribution in [1.82, 2.24) is 4.98 Å². The lowest BCUT2D eigenvalue weighted by Gasteiger charge is -2.09. The van der Waals surface area contributed by atoms with Gasteiger partial charge in [0.25, 0.3) is 5.91 Å². The Kier molecular flexibility index (Phi) is 3.57. The number of amides is 1. The van der Waals surface area contributed by atoms with Crippen LogP contribution in [0, 0.1) is 6.92 Å². The van der Waals surface area contributed by atoms with Crippen molar-refractivity contribution in [3.63, 3.8) is 0 Å². The maximum atomic E-state index is 12.0. The summed E-state index contributed by atoms with van der Waals surface area (Å²) in [5.74, 6) is -1.10. The molecule has 1 aromatic carbocycles. The van der Waals surface area contributed by atoms with Crippen LogP contribution >= 0.6 is 11.6 Å². The number of nitrogens with zero attached hydrogens (tertiary/aromatic N) is 1. The number of aryl methyl sites for hydroxylation is 1. The third kappa shape index (κ3) is 2.77. The Morgan fingerprint density at radius 3 is 2.63 bits per heavy atom. The smallest absolute Gasteiger partial charge is 0.255 e. The van der Waals surface area contributed by atoms with Crippen LogP contribution in [0.2, 0.25) is 5.15 Å². The molecule has 0 saturated carbocycles. The van der Waals surface area contributed by atoms with E-state index in [1.165, 1.54) is 18.2 Å². The largest absolute Gasteiger partial charge is 0.504 e. The summed E-state index contributed by atoms with van der Waals surface area (Å²) >= 11 is 5.90. The van der Waals surface area contributed by atoms with E-state index in [1.54, 1.807) is 19.2 Å². The van der Waals surface area contributed by atoms with Crippen molar-refractivity contribution in [2.75, 3.05) is 5.32 Å². The summed E-state index contributed by atoms with van der Waals surface area (Å²) in [6.07, 6.45) is 1.54. The second-order valence-corrected chi connectivity index (χ2v) is 4.31. The van der Waals surface area contributed by atoms with Crippen molar-refractivity contribution in [1.29, 1.82) is 0 Å². The van der Waals surface area contributed by atoms with Gasteiger partial charge in [-0.1, -0.05) is 11.6 Å². The molecule has 3 N–H and O–H groups in total. The highest BCUT2D eigenvalue weighted by Gasteiger charge is 2.12. The molecule has 0 unspecified atom stereocenters. The Labute approximate surface area is 114 Å². The number of pyridine rings is 1. The molecule has 0 spiro atoms. The highest BCUT2D eigenvalue weighted by molar-refractivity contribution is 6.32. The summed E-state index contributed by atoms with van der Waals surface area (Å²) in [5, 5.41) is 21.4. The summed E-state index contributed by atoms with van der Waals surface area (Å²) < 4.78 is 0. The number of rotatable bonds is 2. The Hall–Kier alpha value is -2.27. The zero-order chi connectivity index (χ0) is 14.0. The normalized spacial score (nSPS) is 10.2. The molecule has 98 valence electrons. The van der Waals surface area contributed by atoms with E-state index >= 15 is 0 Å². The van der Waals surface area contributed by atoms with Crippen molar-refractivity contribution in [3.05, 3.63) is 46.7 Å². The Bertz CT molecular complexity index is 624. The molecule has 0 aliphatic heterocycles. The van der Waals surface area contributed by atoms with Crippen LogP contribution in [0.5, 0.6) is 11.5 Å². The molecule has 6 heteroatoms. The van der Waals surface area contributed by atoms with Crippen LogP contribution < -0.4 is 5.32 Å². The predicted octanol–water partition coefficient (Wildman–Crippen LogP) is 2.71. The molecule has 0 atom stereocenters. The lowest BCUT2D eigenvalue weighted by molar-refractivity contribution is 0.102. The molecule has 0 aliphatic carbocycles. The van der Waals surface area contributed by atoms with Crippen LogP contribution in [0.15, 0.2) is 30.5 Å². The van der Waals surface area contributed by atoms with Gasteiger partial charge in [-0.3, -0.25) is 4.79 Å². The first kappa shape index (κ1) is 13.2. The van der Waals surface area contributed by atoms with E-state index < -0.39 is 5.91 Å². The van der Waals surface area contributed by atoms with Crippen LogP contribution in [0.25, 0.3) is 0 Å². The van der Waals surface area contributed by atoms with Gasteiger partial charge in [0.15, 0.2) is 16.7 Å². The summed E-state index contributed by atoms with van der Waals surface area (Å²) in [5.41, 5.74) is 1.40. The monoisotopic (exact) mass is 278 g/mol. The summed E-state index contributed by atoms with van der Waals surface area (Å²) in [7, 11) is 0. The molecule has 0 radical (unpaired) electrons. The van der Waals surface area contributed by atoms with E-state index in [2.05, 4.69) is 10.3 Å². The molecule has 0 saturated heterocycles. The average molecular weight is 279 g/mol. The van der Waals surface area contributed by atoms with Crippen molar-refractivity contribution in [2.24, 2.45) is 0 Å². The van der Waals surface area contributed by atoms with Crippen molar-refractivity contribution < 1.29 is 15.0 Å². The maximum Gasteiger partial charge on any atom is 0.255 e. The Morgan fingerprint density at radius 1 is 1.26 bits per heavy atom. The van der Waals surface area contributed by atoms with Crippen molar-refractivity contribution in [2.45, 2.75) is 6.92 Å². The molecule has 5 nitrogen and oxygen atoms in total. The van der Waals surface area contributed by atoms with Gasteiger partial charge in [0.05, 0.1) is 5.69 Å². The molecular formula is C13H11ClN2O3. The van der Waals surface area contributed by atoms with Crippen molar-refractivity contribution >= 4 is 23.2 Å². The van der Waals surface area contributed by atoms with Gasteiger partial charge >= 0.3 is 0 Å². The number of phenols is 2. The molecule has 1 heterocycles. The molecule has 0 aliphatic rings. The lowest BCUT2D eigenvalue weighted by Crippen LogP contribution is -2.13. The van der Waals surface area contributed by atoms with Crippen LogP contribution in [0.1, 0.15) is 15.9 Å². The predicted molar refractivity (Wildman–Crippen MR) is 71.7 cm³/mol. The Balaban J connectivity index is 2.28. The van der Waals surface area contributed by atoms with Gasteiger partial charge in [-0.05, 0) is 36.8 Å². The van der Waals surface area contributed by atoms with Crippen LogP contribution in [-0.2, 0) is 0 Å². The van der Waals surface area contributed by atoms with Gasteiger partial charge in [0.1, 0.15) is 0 Å². The fourth-order valence-corrected chi connectivity index (χ4v) is 1.78. The standard InChI is InChI=1S/C13H11ClN2O3/c1-7-4-5-15-12(14)11(7)16-13(19)8-2-3-9(17)10(18)6-8/h2-6,17-18H,1H3,(H,16,19). The molecule has 1 aromatic heterocycles. The topological polar surface area (TPSA) is 82.5 Å². The third-order valence-electron chi connectivity index (χ3n) is 2.59. The van der Waals surface area contributed by atoms with Crippen molar-refractivity contribution in [3.8, 4) is 11.5 Å². The fraction of sp³-hybridized carbons (Fsp3) is 0.0769. The minimum atomic E-state index is -0.451.